The molecule has 0 amide bonds. The molecule has 0 spiro atoms. The Kier molecular flexibility index (Phi) is 3.22. The minimum absolute atomic E-state index is 0.287. The van der Waals surface area contributed by atoms with E-state index in [1.807, 2.05) is 12.1 Å². The molecule has 1 saturated heterocycles. The number of hydrogen-bond acceptors (Lipinski definition) is 3. The van der Waals surface area contributed by atoms with E-state index < -0.39 is 0 Å². The van der Waals surface area contributed by atoms with Gasteiger partial charge in [-0.15, -0.1) is 0 Å². The Bertz CT molecular complexity index is 250. The lowest BCUT2D eigenvalue weighted by Crippen LogP contribution is -2.28. The summed E-state index contributed by atoms with van der Waals surface area (Å²) in [4.78, 5) is 0. The van der Waals surface area contributed by atoms with Gasteiger partial charge in [-0.05, 0) is 30.9 Å². The summed E-state index contributed by atoms with van der Waals surface area (Å²) in [5.41, 5.74) is 0. The summed E-state index contributed by atoms with van der Waals surface area (Å²) >= 11 is 0. The first-order chi connectivity index (χ1) is 6.86. The molecule has 3 heteroatoms. The summed E-state index contributed by atoms with van der Waals surface area (Å²) < 4.78 is 10.5. The standard InChI is InChI=1S/C11H16O3/c12-11(8-10-2-1-5-14-10)9-3-6-13-7-4-9/h1-2,5,9,11-12H,3-4,6-8H2. The Morgan fingerprint density at radius 2 is 2.21 bits per heavy atom. The van der Waals surface area contributed by atoms with Crippen molar-refractivity contribution in [2.45, 2.75) is 25.4 Å². The molecule has 0 saturated carbocycles. The second-order valence-corrected chi connectivity index (χ2v) is 3.80. The molecule has 1 fully saturated rings. The lowest BCUT2D eigenvalue weighted by molar-refractivity contribution is 0.00668. The van der Waals surface area contributed by atoms with E-state index in [1.54, 1.807) is 6.26 Å². The second kappa shape index (κ2) is 4.62. The van der Waals surface area contributed by atoms with Gasteiger partial charge in [0.05, 0.1) is 12.4 Å². The van der Waals surface area contributed by atoms with E-state index in [9.17, 15) is 5.11 Å². The van der Waals surface area contributed by atoms with Crippen LogP contribution in [0.15, 0.2) is 22.8 Å². The van der Waals surface area contributed by atoms with Crippen LogP contribution in [0, 0.1) is 5.92 Å². The molecule has 3 nitrogen and oxygen atoms in total. The van der Waals surface area contributed by atoms with Crippen molar-refractivity contribution in [3.63, 3.8) is 0 Å². The predicted molar refractivity (Wildman–Crippen MR) is 52.0 cm³/mol. The average Bonchev–Trinajstić information content (AvgIpc) is 2.72. The van der Waals surface area contributed by atoms with E-state index in [4.69, 9.17) is 9.15 Å². The van der Waals surface area contributed by atoms with Gasteiger partial charge in [-0.2, -0.15) is 0 Å². The van der Waals surface area contributed by atoms with Gasteiger partial charge in [0.1, 0.15) is 5.76 Å². The SMILES string of the molecule is OC(Cc1ccco1)C1CCOCC1. The topological polar surface area (TPSA) is 42.6 Å². The molecule has 0 aliphatic carbocycles. The van der Waals surface area contributed by atoms with Crippen LogP contribution in [-0.4, -0.2) is 24.4 Å². The third-order valence-electron chi connectivity index (χ3n) is 2.80. The fourth-order valence-electron chi connectivity index (χ4n) is 1.90. The maximum absolute atomic E-state index is 9.93. The van der Waals surface area contributed by atoms with Gasteiger partial charge in [-0.25, -0.2) is 0 Å². The Morgan fingerprint density at radius 1 is 1.43 bits per heavy atom. The van der Waals surface area contributed by atoms with Crippen LogP contribution in [0.4, 0.5) is 0 Å². The first-order valence-corrected chi connectivity index (χ1v) is 5.14. The first-order valence-electron chi connectivity index (χ1n) is 5.14. The average molecular weight is 196 g/mol. The van der Waals surface area contributed by atoms with Gasteiger partial charge in [0.25, 0.3) is 0 Å². The quantitative estimate of drug-likeness (QED) is 0.798. The highest BCUT2D eigenvalue weighted by molar-refractivity contribution is 5.00. The third kappa shape index (κ3) is 2.36. The van der Waals surface area contributed by atoms with Crippen LogP contribution < -0.4 is 0 Å². The minimum Gasteiger partial charge on any atom is -0.469 e. The highest BCUT2D eigenvalue weighted by atomic mass is 16.5. The maximum atomic E-state index is 9.93. The van der Waals surface area contributed by atoms with E-state index in [0.29, 0.717) is 12.3 Å². The molecule has 1 aliphatic rings. The van der Waals surface area contributed by atoms with Crippen molar-refractivity contribution < 1.29 is 14.3 Å². The van der Waals surface area contributed by atoms with Crippen LogP contribution in [0.2, 0.25) is 0 Å². The highest BCUT2D eigenvalue weighted by Crippen LogP contribution is 2.21. The monoisotopic (exact) mass is 196 g/mol. The first kappa shape index (κ1) is 9.74. The maximum Gasteiger partial charge on any atom is 0.106 e. The molecule has 0 radical (unpaired) electrons. The Labute approximate surface area is 83.7 Å². The molecule has 78 valence electrons. The third-order valence-corrected chi connectivity index (χ3v) is 2.80. The van der Waals surface area contributed by atoms with Crippen molar-refractivity contribution in [2.24, 2.45) is 5.92 Å². The summed E-state index contributed by atoms with van der Waals surface area (Å²) in [6.07, 6.45) is 3.90. The lowest BCUT2D eigenvalue weighted by atomic mass is 9.91. The molecule has 2 rings (SSSR count). The number of aliphatic hydroxyl groups excluding tert-OH is 1. The number of furan rings is 1. The zero-order valence-electron chi connectivity index (χ0n) is 8.19. The molecule has 1 aromatic heterocycles. The Balaban J connectivity index is 1.85. The van der Waals surface area contributed by atoms with E-state index in [1.165, 1.54) is 0 Å². The van der Waals surface area contributed by atoms with Crippen LogP contribution >= 0.6 is 0 Å². The predicted octanol–water partition coefficient (Wildman–Crippen LogP) is 1.61. The largest absolute Gasteiger partial charge is 0.469 e. The van der Waals surface area contributed by atoms with Gasteiger partial charge in [0, 0.05) is 19.6 Å². The molecule has 1 aliphatic heterocycles. The molecule has 14 heavy (non-hydrogen) atoms. The van der Waals surface area contributed by atoms with E-state index >= 15 is 0 Å². The zero-order chi connectivity index (χ0) is 9.80. The summed E-state index contributed by atoms with van der Waals surface area (Å²) in [6, 6.07) is 3.76. The molecular formula is C11H16O3. The molecule has 1 atom stereocenters. The number of hydrogen-bond donors (Lipinski definition) is 1. The molecule has 0 aromatic carbocycles. The van der Waals surface area contributed by atoms with Crippen molar-refractivity contribution in [1.82, 2.24) is 0 Å². The van der Waals surface area contributed by atoms with Crippen molar-refractivity contribution >= 4 is 0 Å². The molecule has 1 aromatic rings. The van der Waals surface area contributed by atoms with Gasteiger partial charge in [-0.1, -0.05) is 0 Å². The summed E-state index contributed by atoms with van der Waals surface area (Å²) in [5, 5.41) is 9.93. The van der Waals surface area contributed by atoms with Crippen LogP contribution in [0.3, 0.4) is 0 Å². The van der Waals surface area contributed by atoms with Crippen molar-refractivity contribution in [1.29, 1.82) is 0 Å². The highest BCUT2D eigenvalue weighted by Gasteiger charge is 2.22. The fraction of sp³-hybridized carbons (Fsp3) is 0.636. The molecule has 0 bridgehead atoms. The van der Waals surface area contributed by atoms with Crippen LogP contribution in [0.25, 0.3) is 0 Å². The zero-order valence-corrected chi connectivity index (χ0v) is 8.19. The smallest absolute Gasteiger partial charge is 0.106 e. The fourth-order valence-corrected chi connectivity index (χ4v) is 1.90. The normalized spacial score (nSPS) is 20.9. The van der Waals surface area contributed by atoms with Crippen LogP contribution in [0.1, 0.15) is 18.6 Å². The lowest BCUT2D eigenvalue weighted by Gasteiger charge is -2.26. The number of ether oxygens (including phenoxy) is 1. The van der Waals surface area contributed by atoms with Crippen LogP contribution in [-0.2, 0) is 11.2 Å². The molecule has 1 unspecified atom stereocenters. The van der Waals surface area contributed by atoms with Gasteiger partial charge >= 0.3 is 0 Å². The van der Waals surface area contributed by atoms with E-state index in [2.05, 4.69) is 0 Å². The van der Waals surface area contributed by atoms with Gasteiger partial charge in [-0.3, -0.25) is 0 Å². The van der Waals surface area contributed by atoms with Gasteiger partial charge < -0.3 is 14.3 Å². The Hall–Kier alpha value is -0.800. The summed E-state index contributed by atoms with van der Waals surface area (Å²) in [6.45, 7) is 1.56. The van der Waals surface area contributed by atoms with E-state index in [-0.39, 0.29) is 6.10 Å². The molecule has 2 heterocycles. The molecule has 1 N–H and O–H groups in total. The van der Waals surface area contributed by atoms with Crippen molar-refractivity contribution in [2.75, 3.05) is 13.2 Å². The number of rotatable bonds is 3. The molecular weight excluding hydrogens is 180 g/mol. The van der Waals surface area contributed by atoms with Gasteiger partial charge in [0.15, 0.2) is 0 Å². The summed E-state index contributed by atoms with van der Waals surface area (Å²) in [7, 11) is 0. The number of aliphatic hydroxyl groups is 1. The van der Waals surface area contributed by atoms with Crippen LogP contribution in [0.5, 0.6) is 0 Å². The Morgan fingerprint density at radius 3 is 2.86 bits per heavy atom. The van der Waals surface area contributed by atoms with Gasteiger partial charge in [0.2, 0.25) is 0 Å². The second-order valence-electron chi connectivity index (χ2n) is 3.80. The van der Waals surface area contributed by atoms with E-state index in [0.717, 1.165) is 31.8 Å². The van der Waals surface area contributed by atoms with Crippen molar-refractivity contribution in [3.8, 4) is 0 Å². The summed E-state index contributed by atoms with van der Waals surface area (Å²) in [5.74, 6) is 1.23. The minimum atomic E-state index is -0.287. The van der Waals surface area contributed by atoms with Crippen molar-refractivity contribution in [3.05, 3.63) is 24.2 Å².